The molecule has 0 bridgehead atoms. The summed E-state index contributed by atoms with van der Waals surface area (Å²) in [5.41, 5.74) is -1.23. The number of methoxy groups -OCH3 is 2. The van der Waals surface area contributed by atoms with Crippen LogP contribution in [0.25, 0.3) is 5.57 Å². The molecular formula is C33H38F6N2O5. The third kappa shape index (κ3) is 7.44. The summed E-state index contributed by atoms with van der Waals surface area (Å²) >= 11 is 0. The van der Waals surface area contributed by atoms with Crippen LogP contribution < -0.4 is 4.74 Å². The molecule has 1 aromatic heterocycles. The number of halogens is 6. The average Bonchev–Trinajstić information content (AvgIpc) is 3.23. The molecule has 7 nitrogen and oxygen atoms in total. The number of nitrogens with zero attached hydrogens (tertiary/aromatic N) is 2. The predicted octanol–water partition coefficient (Wildman–Crippen LogP) is 8.42. The highest BCUT2D eigenvalue weighted by atomic mass is 19.4. The molecule has 1 aliphatic heterocycles. The van der Waals surface area contributed by atoms with Crippen LogP contribution in [0.2, 0.25) is 0 Å². The molecule has 1 aliphatic carbocycles. The Kier molecular flexibility index (Phi) is 9.49. The van der Waals surface area contributed by atoms with Gasteiger partial charge in [-0.15, -0.1) is 0 Å². The van der Waals surface area contributed by atoms with Gasteiger partial charge in [0.1, 0.15) is 6.10 Å². The quantitative estimate of drug-likeness (QED) is 0.210. The van der Waals surface area contributed by atoms with Crippen molar-refractivity contribution in [2.75, 3.05) is 20.8 Å². The van der Waals surface area contributed by atoms with Gasteiger partial charge < -0.3 is 14.2 Å². The van der Waals surface area contributed by atoms with Crippen LogP contribution in [0.1, 0.15) is 87.8 Å². The van der Waals surface area contributed by atoms with E-state index in [0.717, 1.165) is 23.1 Å². The second kappa shape index (κ2) is 12.4. The van der Waals surface area contributed by atoms with Crippen molar-refractivity contribution in [2.24, 2.45) is 10.8 Å². The molecule has 1 aromatic carbocycles. The van der Waals surface area contributed by atoms with Gasteiger partial charge in [-0.3, -0.25) is 9.69 Å². The van der Waals surface area contributed by atoms with Gasteiger partial charge >= 0.3 is 24.4 Å². The topological polar surface area (TPSA) is 78.0 Å². The Morgan fingerprint density at radius 2 is 1.65 bits per heavy atom. The largest absolute Gasteiger partial charge is 0.481 e. The van der Waals surface area contributed by atoms with Crippen LogP contribution in [-0.4, -0.2) is 48.8 Å². The fourth-order valence-corrected chi connectivity index (χ4v) is 6.23. The van der Waals surface area contributed by atoms with E-state index < -0.39 is 52.7 Å². The molecule has 0 spiro atoms. The Bertz CT molecular complexity index is 1500. The zero-order chi connectivity index (χ0) is 34.4. The van der Waals surface area contributed by atoms with E-state index in [-0.39, 0.29) is 24.0 Å². The highest BCUT2D eigenvalue weighted by Crippen LogP contribution is 2.46. The zero-order valence-corrected chi connectivity index (χ0v) is 26.8. The molecule has 0 saturated carbocycles. The lowest BCUT2D eigenvalue weighted by Crippen LogP contribution is -2.35. The van der Waals surface area contributed by atoms with E-state index in [2.05, 4.69) is 18.8 Å². The molecule has 2 atom stereocenters. The summed E-state index contributed by atoms with van der Waals surface area (Å²) in [6.07, 6.45) is -8.42. The minimum Gasteiger partial charge on any atom is -0.481 e. The van der Waals surface area contributed by atoms with Crippen molar-refractivity contribution in [3.8, 4) is 5.88 Å². The first kappa shape index (κ1) is 35.1. The minimum atomic E-state index is -5.04. The van der Waals surface area contributed by atoms with Crippen LogP contribution in [0, 0.1) is 10.8 Å². The maximum atomic E-state index is 13.6. The molecule has 2 unspecified atom stereocenters. The second-order valence-corrected chi connectivity index (χ2v) is 13.4. The molecule has 2 heterocycles. The Morgan fingerprint density at radius 3 is 2.20 bits per heavy atom. The van der Waals surface area contributed by atoms with E-state index >= 15 is 0 Å². The molecule has 2 aromatic rings. The van der Waals surface area contributed by atoms with E-state index in [1.54, 1.807) is 20.0 Å². The van der Waals surface area contributed by atoms with Gasteiger partial charge in [-0.2, -0.15) is 26.3 Å². The number of cyclic esters (lactones) is 1. The molecule has 0 radical (unpaired) electrons. The van der Waals surface area contributed by atoms with Crippen LogP contribution in [0.4, 0.5) is 31.1 Å². The van der Waals surface area contributed by atoms with E-state index in [0.29, 0.717) is 42.8 Å². The minimum absolute atomic E-state index is 0.0292. The molecule has 1 amide bonds. The first-order valence-corrected chi connectivity index (χ1v) is 14.8. The van der Waals surface area contributed by atoms with E-state index in [4.69, 9.17) is 14.2 Å². The van der Waals surface area contributed by atoms with E-state index in [1.807, 2.05) is 6.07 Å². The van der Waals surface area contributed by atoms with E-state index in [1.165, 1.54) is 26.0 Å². The molecule has 13 heteroatoms. The Balaban J connectivity index is 1.74. The highest BCUT2D eigenvalue weighted by molar-refractivity contribution is 5.78. The number of ether oxygens (including phenoxy) is 3. The number of carbonyl (C=O) groups is 2. The molecule has 1 fully saturated rings. The summed E-state index contributed by atoms with van der Waals surface area (Å²) in [5.74, 6) is -0.0474. The summed E-state index contributed by atoms with van der Waals surface area (Å²) in [5, 5.41) is 0. The summed E-state index contributed by atoms with van der Waals surface area (Å²) in [6, 6.07) is 2.24. The van der Waals surface area contributed by atoms with Gasteiger partial charge in [-0.1, -0.05) is 13.8 Å². The number of amides is 1. The molecule has 46 heavy (non-hydrogen) atoms. The summed E-state index contributed by atoms with van der Waals surface area (Å²) < 4.78 is 97.4. The molecular weight excluding hydrogens is 618 g/mol. The number of allylic oxidation sites excluding steroid dienone is 1. The van der Waals surface area contributed by atoms with Crippen LogP contribution in [0.3, 0.4) is 0 Å². The predicted molar refractivity (Wildman–Crippen MR) is 157 cm³/mol. The van der Waals surface area contributed by atoms with Crippen molar-refractivity contribution >= 4 is 17.6 Å². The maximum absolute atomic E-state index is 13.6. The smallest absolute Gasteiger partial charge is 0.416 e. The average molecular weight is 657 g/mol. The lowest BCUT2D eigenvalue weighted by atomic mass is 9.72. The molecule has 2 aliphatic rings. The molecule has 252 valence electrons. The lowest BCUT2D eigenvalue weighted by Gasteiger charge is -2.35. The molecule has 4 rings (SSSR count). The number of aromatic nitrogens is 1. The first-order valence-electron chi connectivity index (χ1n) is 14.8. The van der Waals surface area contributed by atoms with Gasteiger partial charge in [0.2, 0.25) is 5.88 Å². The summed E-state index contributed by atoms with van der Waals surface area (Å²) in [4.78, 5) is 31.4. The van der Waals surface area contributed by atoms with Crippen LogP contribution in [0.15, 0.2) is 36.0 Å². The third-order valence-corrected chi connectivity index (χ3v) is 8.67. The van der Waals surface area contributed by atoms with E-state index in [9.17, 15) is 35.9 Å². The fourth-order valence-electron chi connectivity index (χ4n) is 6.23. The van der Waals surface area contributed by atoms with Gasteiger partial charge in [-0.25, -0.2) is 9.78 Å². The Labute approximate surface area is 263 Å². The first-order chi connectivity index (χ1) is 21.2. The van der Waals surface area contributed by atoms with Crippen LogP contribution >= 0.6 is 0 Å². The van der Waals surface area contributed by atoms with Crippen molar-refractivity contribution in [3.05, 3.63) is 63.9 Å². The normalized spacial score (nSPS) is 20.5. The summed E-state index contributed by atoms with van der Waals surface area (Å²) in [7, 11) is 2.80. The van der Waals surface area contributed by atoms with Gasteiger partial charge in [0.05, 0.1) is 36.8 Å². The SMILES string of the molecule is COC(=O)C(C)(C)Cc1cnc(OC)c(C2=C(CN3C(=O)OC(c4cc(C(F)(F)F)cc(C(F)(F)F)c4)C3C)CC(C)(C)CC2)c1. The standard InChI is InChI=1S/C33H38F6N2O5/c1-18-26(20-11-22(32(34,35)36)13-23(12-20)33(37,38)39)46-29(43)41(18)17-21-15-30(2,3)9-8-24(21)25-10-19(16-40-27(25)44-6)14-31(4,5)28(42)45-7/h10-13,16,18,26H,8-9,14-15,17H2,1-7H3. The maximum Gasteiger partial charge on any atom is 0.416 e. The molecule has 0 N–H and O–H groups in total. The number of rotatable bonds is 8. The van der Waals surface area contributed by atoms with Crippen molar-refractivity contribution in [1.82, 2.24) is 9.88 Å². The number of esters is 1. The second-order valence-electron chi connectivity index (χ2n) is 13.4. The Morgan fingerprint density at radius 1 is 1.04 bits per heavy atom. The number of hydrogen-bond acceptors (Lipinski definition) is 6. The van der Waals surface area contributed by atoms with Crippen LogP contribution in [0.5, 0.6) is 5.88 Å². The number of hydrogen-bond donors (Lipinski definition) is 0. The highest BCUT2D eigenvalue weighted by Gasteiger charge is 2.44. The van der Waals surface area contributed by atoms with Crippen molar-refractivity contribution in [1.29, 1.82) is 0 Å². The molecule has 1 saturated heterocycles. The van der Waals surface area contributed by atoms with Gasteiger partial charge in [0.25, 0.3) is 0 Å². The van der Waals surface area contributed by atoms with Gasteiger partial charge in [0.15, 0.2) is 0 Å². The van der Waals surface area contributed by atoms with Crippen molar-refractivity contribution < 1.29 is 50.1 Å². The number of carbonyl (C=O) groups excluding carboxylic acids is 2. The number of alkyl halides is 6. The van der Waals surface area contributed by atoms with Crippen molar-refractivity contribution in [2.45, 2.75) is 84.8 Å². The van der Waals surface area contributed by atoms with Crippen molar-refractivity contribution in [3.63, 3.8) is 0 Å². The van der Waals surface area contributed by atoms with Gasteiger partial charge in [-0.05, 0) is 98.4 Å². The Hall–Kier alpha value is -3.77. The third-order valence-electron chi connectivity index (χ3n) is 8.67. The number of pyridine rings is 1. The summed E-state index contributed by atoms with van der Waals surface area (Å²) in [6.45, 7) is 9.23. The fraction of sp³-hybridized carbons (Fsp3) is 0.545. The number of benzene rings is 1. The lowest BCUT2D eigenvalue weighted by molar-refractivity contribution is -0.150. The zero-order valence-electron chi connectivity index (χ0n) is 26.8. The van der Waals surface area contributed by atoms with Crippen LogP contribution in [-0.2, 0) is 33.0 Å². The monoisotopic (exact) mass is 656 g/mol. The van der Waals surface area contributed by atoms with Gasteiger partial charge in [0, 0.05) is 18.3 Å².